The second-order valence-electron chi connectivity index (χ2n) is 4.71. The van der Waals surface area contributed by atoms with E-state index in [0.29, 0.717) is 19.4 Å². The minimum absolute atomic E-state index is 0.489. The van der Waals surface area contributed by atoms with E-state index in [0.717, 1.165) is 17.9 Å². The van der Waals surface area contributed by atoms with Crippen LogP contribution in [0.4, 0.5) is 0 Å². The van der Waals surface area contributed by atoms with E-state index < -0.39 is 0 Å². The van der Waals surface area contributed by atoms with Gasteiger partial charge in [0.05, 0.1) is 0 Å². The molecule has 106 valence electrons. The fraction of sp³-hybridized carbons (Fsp3) is 0.857. The number of nitrogens with one attached hydrogen (secondary N) is 1. The fourth-order valence-electron chi connectivity index (χ4n) is 1.92. The number of hydrazine groups is 1. The Morgan fingerprint density at radius 3 is 1.67 bits per heavy atom. The van der Waals surface area contributed by atoms with Gasteiger partial charge in [-0.2, -0.15) is 0 Å². The average molecular weight is 256 g/mol. The van der Waals surface area contributed by atoms with Crippen LogP contribution in [-0.2, 0) is 9.59 Å². The Bertz CT molecular complexity index is 190. The highest BCUT2D eigenvalue weighted by atomic mass is 16.2. The molecule has 1 N–H and O–H groups in total. The highest BCUT2D eigenvalue weighted by Crippen LogP contribution is 2.10. The van der Waals surface area contributed by atoms with Gasteiger partial charge in [0, 0.05) is 6.54 Å². The summed E-state index contributed by atoms with van der Waals surface area (Å²) in [6.45, 7) is 2.93. The first-order valence-electron chi connectivity index (χ1n) is 7.27. The van der Waals surface area contributed by atoms with Gasteiger partial charge in [-0.1, -0.05) is 64.7 Å². The van der Waals surface area contributed by atoms with Crippen molar-refractivity contribution in [2.24, 2.45) is 0 Å². The van der Waals surface area contributed by atoms with Gasteiger partial charge >= 0.3 is 0 Å². The number of carbonyl (C=O) groups excluding carboxylic acids is 2. The van der Waals surface area contributed by atoms with Crippen molar-refractivity contribution in [1.82, 2.24) is 10.4 Å². The predicted molar refractivity (Wildman–Crippen MR) is 73.8 cm³/mol. The lowest BCUT2D eigenvalue weighted by Gasteiger charge is -2.09. The molecule has 0 bridgehead atoms. The molecular weight excluding hydrogens is 228 g/mol. The number of nitrogens with zero attached hydrogens (tertiary/aromatic N) is 1. The molecule has 0 spiro atoms. The molecule has 0 aromatic heterocycles. The van der Waals surface area contributed by atoms with E-state index in [2.05, 4.69) is 12.3 Å². The third-order valence-electron chi connectivity index (χ3n) is 3.05. The minimum atomic E-state index is 0.489. The Morgan fingerprint density at radius 1 is 0.778 bits per heavy atom. The third-order valence-corrected chi connectivity index (χ3v) is 3.05. The standard InChI is InChI=1S/C14H28N2O2/c1-2-3-4-5-6-7-8-9-10-11-12-15-16(13-17)14-18/h13-15H,2-12H2,1H3. The van der Waals surface area contributed by atoms with Crippen LogP contribution >= 0.6 is 0 Å². The summed E-state index contributed by atoms with van der Waals surface area (Å²) in [7, 11) is 0. The lowest BCUT2D eigenvalue weighted by molar-refractivity contribution is -0.132. The number of unbranched alkanes of at least 4 members (excludes halogenated alkanes) is 9. The summed E-state index contributed by atoms with van der Waals surface area (Å²) in [5.41, 5.74) is 2.74. The average Bonchev–Trinajstić information content (AvgIpc) is 2.40. The van der Waals surface area contributed by atoms with Crippen molar-refractivity contribution in [3.8, 4) is 0 Å². The summed E-state index contributed by atoms with van der Waals surface area (Å²) < 4.78 is 0. The molecule has 0 aliphatic carbocycles. The van der Waals surface area contributed by atoms with E-state index in [1.54, 1.807) is 0 Å². The lowest BCUT2D eigenvalue weighted by atomic mass is 10.1. The van der Waals surface area contributed by atoms with Gasteiger partial charge in [-0.05, 0) is 6.42 Å². The van der Waals surface area contributed by atoms with Crippen LogP contribution < -0.4 is 5.43 Å². The van der Waals surface area contributed by atoms with Crippen LogP contribution in [0.3, 0.4) is 0 Å². The molecule has 0 radical (unpaired) electrons. The highest BCUT2D eigenvalue weighted by Gasteiger charge is 1.96. The summed E-state index contributed by atoms with van der Waals surface area (Å²) in [4.78, 5) is 20.6. The van der Waals surface area contributed by atoms with Crippen molar-refractivity contribution < 1.29 is 9.59 Å². The summed E-state index contributed by atoms with van der Waals surface area (Å²) in [6.07, 6.45) is 13.8. The van der Waals surface area contributed by atoms with Gasteiger partial charge in [0.15, 0.2) is 0 Å². The Kier molecular flexibility index (Phi) is 13.5. The maximum atomic E-state index is 10.3. The molecule has 4 nitrogen and oxygen atoms in total. The number of imide groups is 1. The van der Waals surface area contributed by atoms with Gasteiger partial charge in [0.2, 0.25) is 12.8 Å². The van der Waals surface area contributed by atoms with Gasteiger partial charge < -0.3 is 0 Å². The fourth-order valence-corrected chi connectivity index (χ4v) is 1.92. The second kappa shape index (κ2) is 14.2. The van der Waals surface area contributed by atoms with Crippen LogP contribution in [0.1, 0.15) is 71.1 Å². The number of carbonyl (C=O) groups is 2. The van der Waals surface area contributed by atoms with Gasteiger partial charge in [-0.25, -0.2) is 10.4 Å². The van der Waals surface area contributed by atoms with E-state index in [4.69, 9.17) is 0 Å². The Morgan fingerprint density at radius 2 is 1.22 bits per heavy atom. The van der Waals surface area contributed by atoms with Crippen molar-refractivity contribution in [2.75, 3.05) is 6.54 Å². The van der Waals surface area contributed by atoms with Crippen molar-refractivity contribution in [1.29, 1.82) is 0 Å². The summed E-state index contributed by atoms with van der Waals surface area (Å²) in [6, 6.07) is 0. The quantitative estimate of drug-likeness (QED) is 0.295. The van der Waals surface area contributed by atoms with Crippen LogP contribution in [0, 0.1) is 0 Å². The van der Waals surface area contributed by atoms with Gasteiger partial charge in [-0.15, -0.1) is 0 Å². The number of amides is 2. The van der Waals surface area contributed by atoms with E-state index in [9.17, 15) is 9.59 Å². The van der Waals surface area contributed by atoms with E-state index in [1.165, 1.54) is 51.4 Å². The summed E-state index contributed by atoms with van der Waals surface area (Å²) in [5.74, 6) is 0. The second-order valence-corrected chi connectivity index (χ2v) is 4.71. The molecule has 0 fully saturated rings. The summed E-state index contributed by atoms with van der Waals surface area (Å²) in [5, 5.41) is 0.924. The molecule has 0 aliphatic rings. The molecular formula is C14H28N2O2. The third kappa shape index (κ3) is 11.6. The Balaban J connectivity index is 3.07. The minimum Gasteiger partial charge on any atom is -0.277 e. The molecule has 0 heterocycles. The Labute approximate surface area is 111 Å². The zero-order valence-electron chi connectivity index (χ0n) is 11.7. The number of hydrogen-bond donors (Lipinski definition) is 1. The van der Waals surface area contributed by atoms with E-state index >= 15 is 0 Å². The van der Waals surface area contributed by atoms with Crippen LogP contribution in [0.5, 0.6) is 0 Å². The predicted octanol–water partition coefficient (Wildman–Crippen LogP) is 3.03. The number of hydrogen-bond acceptors (Lipinski definition) is 3. The van der Waals surface area contributed by atoms with E-state index in [1.807, 2.05) is 0 Å². The SMILES string of the molecule is CCCCCCCCCCCCNN(C=O)C=O. The molecule has 4 heteroatoms. The molecule has 2 amide bonds. The topological polar surface area (TPSA) is 49.4 Å². The molecule has 0 atom stereocenters. The van der Waals surface area contributed by atoms with E-state index in [-0.39, 0.29) is 0 Å². The van der Waals surface area contributed by atoms with Crippen molar-refractivity contribution in [3.05, 3.63) is 0 Å². The summed E-state index contributed by atoms with van der Waals surface area (Å²) >= 11 is 0. The molecule has 0 saturated heterocycles. The van der Waals surface area contributed by atoms with Crippen molar-refractivity contribution in [2.45, 2.75) is 71.1 Å². The molecule has 0 unspecified atom stereocenters. The first-order chi connectivity index (χ1) is 8.85. The molecule has 0 aromatic rings. The maximum absolute atomic E-state index is 10.3. The van der Waals surface area contributed by atoms with Crippen molar-refractivity contribution in [3.63, 3.8) is 0 Å². The first kappa shape index (κ1) is 17.1. The van der Waals surface area contributed by atoms with Crippen molar-refractivity contribution >= 4 is 12.8 Å². The molecule has 0 rings (SSSR count). The zero-order chi connectivity index (χ0) is 13.5. The van der Waals surface area contributed by atoms with Crippen LogP contribution in [0.25, 0.3) is 0 Å². The largest absolute Gasteiger partial charge is 0.277 e. The van der Waals surface area contributed by atoms with Crippen LogP contribution in [0.15, 0.2) is 0 Å². The monoisotopic (exact) mass is 256 g/mol. The lowest BCUT2D eigenvalue weighted by Crippen LogP contribution is -2.36. The van der Waals surface area contributed by atoms with Gasteiger partial charge in [0.1, 0.15) is 0 Å². The smallest absolute Gasteiger partial charge is 0.230 e. The Hall–Kier alpha value is -0.900. The van der Waals surface area contributed by atoms with Gasteiger partial charge in [0.25, 0.3) is 0 Å². The van der Waals surface area contributed by atoms with Crippen LogP contribution in [0.2, 0.25) is 0 Å². The first-order valence-corrected chi connectivity index (χ1v) is 7.27. The highest BCUT2D eigenvalue weighted by molar-refractivity contribution is 5.67. The molecule has 0 aliphatic heterocycles. The normalized spacial score (nSPS) is 10.3. The molecule has 18 heavy (non-hydrogen) atoms. The molecule has 0 saturated carbocycles. The molecule has 0 aromatic carbocycles. The van der Waals surface area contributed by atoms with Gasteiger partial charge in [-0.3, -0.25) is 9.59 Å². The number of rotatable bonds is 14. The van der Waals surface area contributed by atoms with Crippen LogP contribution in [-0.4, -0.2) is 24.4 Å². The zero-order valence-corrected chi connectivity index (χ0v) is 11.7. The maximum Gasteiger partial charge on any atom is 0.230 e.